The first-order valence-electron chi connectivity index (χ1n) is 8.13. The van der Waals surface area contributed by atoms with Crippen molar-refractivity contribution in [2.24, 2.45) is 10.7 Å². The second-order valence-electron chi connectivity index (χ2n) is 5.24. The Morgan fingerprint density at radius 3 is 2.74 bits per heavy atom. The van der Waals surface area contributed by atoms with Gasteiger partial charge >= 0.3 is 0 Å². The molecule has 0 fully saturated rings. The van der Waals surface area contributed by atoms with Crippen LogP contribution in [0.25, 0.3) is 0 Å². The van der Waals surface area contributed by atoms with Gasteiger partial charge in [0.05, 0.1) is 7.11 Å². The first-order valence-corrected chi connectivity index (χ1v) is 8.13. The maximum absolute atomic E-state index is 12.0. The van der Waals surface area contributed by atoms with Crippen LogP contribution in [0.4, 0.5) is 0 Å². The Hall–Kier alpha value is -2.24. The number of carbonyl (C=O) groups excluding carboxylic acids is 1. The van der Waals surface area contributed by atoms with Crippen LogP contribution < -0.4 is 21.1 Å². The van der Waals surface area contributed by atoms with E-state index in [2.05, 4.69) is 22.5 Å². The van der Waals surface area contributed by atoms with Crippen molar-refractivity contribution in [2.45, 2.75) is 32.6 Å². The number of guanidine groups is 1. The SMILES string of the molecule is CCCCCCN=C(N)NCCNC(=O)c1cccc(OC)c1. The molecule has 0 aromatic heterocycles. The van der Waals surface area contributed by atoms with E-state index in [0.717, 1.165) is 13.0 Å². The van der Waals surface area contributed by atoms with E-state index in [0.29, 0.717) is 30.4 Å². The molecule has 0 atom stereocenters. The van der Waals surface area contributed by atoms with Crippen LogP contribution in [0.5, 0.6) is 5.75 Å². The Morgan fingerprint density at radius 1 is 1.22 bits per heavy atom. The van der Waals surface area contributed by atoms with E-state index < -0.39 is 0 Å². The van der Waals surface area contributed by atoms with Gasteiger partial charge in [0.2, 0.25) is 0 Å². The zero-order valence-electron chi connectivity index (χ0n) is 14.1. The summed E-state index contributed by atoms with van der Waals surface area (Å²) in [5.74, 6) is 0.952. The van der Waals surface area contributed by atoms with Crippen molar-refractivity contribution < 1.29 is 9.53 Å². The number of ether oxygens (including phenoxy) is 1. The molecule has 1 rings (SSSR count). The Balaban J connectivity index is 2.20. The average Bonchev–Trinajstić information content (AvgIpc) is 2.58. The van der Waals surface area contributed by atoms with Crippen LogP contribution in [0.3, 0.4) is 0 Å². The second-order valence-corrected chi connectivity index (χ2v) is 5.24. The minimum absolute atomic E-state index is 0.138. The highest BCUT2D eigenvalue weighted by molar-refractivity contribution is 5.94. The van der Waals surface area contributed by atoms with Crippen molar-refractivity contribution in [3.8, 4) is 5.75 Å². The van der Waals surface area contributed by atoms with Crippen LogP contribution in [0.15, 0.2) is 29.3 Å². The molecule has 0 saturated carbocycles. The molecule has 1 aromatic rings. The van der Waals surface area contributed by atoms with Crippen LogP contribution in [-0.4, -0.2) is 38.6 Å². The summed E-state index contributed by atoms with van der Waals surface area (Å²) in [5, 5.41) is 5.81. The van der Waals surface area contributed by atoms with Crippen molar-refractivity contribution in [3.63, 3.8) is 0 Å². The first kappa shape index (κ1) is 18.8. The highest BCUT2D eigenvalue weighted by Gasteiger charge is 2.05. The van der Waals surface area contributed by atoms with Crippen molar-refractivity contribution in [1.29, 1.82) is 0 Å². The fraction of sp³-hybridized carbons (Fsp3) is 0.529. The lowest BCUT2D eigenvalue weighted by Crippen LogP contribution is -2.38. The van der Waals surface area contributed by atoms with E-state index in [-0.39, 0.29) is 5.91 Å². The van der Waals surface area contributed by atoms with Gasteiger partial charge in [0.1, 0.15) is 5.75 Å². The maximum atomic E-state index is 12.0. The highest BCUT2D eigenvalue weighted by Crippen LogP contribution is 2.12. The van der Waals surface area contributed by atoms with Crippen molar-refractivity contribution in [3.05, 3.63) is 29.8 Å². The molecule has 0 aliphatic carbocycles. The monoisotopic (exact) mass is 320 g/mol. The molecular formula is C17H28N4O2. The smallest absolute Gasteiger partial charge is 0.251 e. The molecule has 0 spiro atoms. The van der Waals surface area contributed by atoms with Crippen LogP contribution in [-0.2, 0) is 0 Å². The number of amides is 1. The fourth-order valence-electron chi connectivity index (χ4n) is 2.03. The molecule has 6 heteroatoms. The molecule has 1 aromatic carbocycles. The molecule has 6 nitrogen and oxygen atoms in total. The minimum Gasteiger partial charge on any atom is -0.497 e. The van der Waals surface area contributed by atoms with Gasteiger partial charge < -0.3 is 21.1 Å². The summed E-state index contributed by atoms with van der Waals surface area (Å²) in [7, 11) is 1.57. The number of unbranched alkanes of at least 4 members (excludes halogenated alkanes) is 3. The topological polar surface area (TPSA) is 88.7 Å². The molecule has 0 bridgehead atoms. The number of nitrogens with zero attached hydrogens (tertiary/aromatic N) is 1. The number of hydrogen-bond donors (Lipinski definition) is 3. The van der Waals surface area contributed by atoms with Crippen LogP contribution in [0.2, 0.25) is 0 Å². The second kappa shape index (κ2) is 11.3. The summed E-state index contributed by atoms with van der Waals surface area (Å²) in [5.41, 5.74) is 6.34. The molecule has 0 heterocycles. The zero-order valence-corrected chi connectivity index (χ0v) is 14.1. The predicted molar refractivity (Wildman–Crippen MR) is 94.0 cm³/mol. The van der Waals surface area contributed by atoms with E-state index in [1.165, 1.54) is 19.3 Å². The summed E-state index contributed by atoms with van der Waals surface area (Å²) >= 11 is 0. The standard InChI is InChI=1S/C17H28N4O2/c1-3-4-5-6-10-20-17(18)21-12-11-19-16(22)14-8-7-9-15(13-14)23-2/h7-9,13H,3-6,10-12H2,1-2H3,(H,19,22)(H3,18,20,21). The van der Waals surface area contributed by atoms with E-state index >= 15 is 0 Å². The van der Waals surface area contributed by atoms with Gasteiger partial charge in [0.15, 0.2) is 5.96 Å². The normalized spacial score (nSPS) is 11.1. The number of aliphatic imine (C=N–C) groups is 1. The Kier molecular flexibility index (Phi) is 9.28. The molecule has 0 radical (unpaired) electrons. The molecule has 4 N–H and O–H groups in total. The molecule has 0 saturated heterocycles. The van der Waals surface area contributed by atoms with Crippen molar-refractivity contribution in [1.82, 2.24) is 10.6 Å². The number of nitrogens with one attached hydrogen (secondary N) is 2. The van der Waals surface area contributed by atoms with Gasteiger partial charge in [-0.25, -0.2) is 0 Å². The summed E-state index contributed by atoms with van der Waals surface area (Å²) in [6, 6.07) is 7.04. The van der Waals surface area contributed by atoms with E-state index in [1.54, 1.807) is 31.4 Å². The van der Waals surface area contributed by atoms with Crippen molar-refractivity contribution >= 4 is 11.9 Å². The van der Waals surface area contributed by atoms with Crippen LogP contribution in [0.1, 0.15) is 43.0 Å². The fourth-order valence-corrected chi connectivity index (χ4v) is 2.03. The molecule has 0 aliphatic heterocycles. The zero-order chi connectivity index (χ0) is 16.9. The van der Waals surface area contributed by atoms with Gasteiger partial charge in [-0.3, -0.25) is 9.79 Å². The number of carbonyl (C=O) groups is 1. The molecule has 0 aliphatic rings. The van der Waals surface area contributed by atoms with E-state index in [1.807, 2.05) is 0 Å². The molecule has 0 unspecified atom stereocenters. The van der Waals surface area contributed by atoms with Crippen LogP contribution >= 0.6 is 0 Å². The Bertz CT molecular complexity index is 503. The number of rotatable bonds is 10. The lowest BCUT2D eigenvalue weighted by Gasteiger charge is -2.08. The summed E-state index contributed by atoms with van der Waals surface area (Å²) < 4.78 is 5.10. The molecule has 1 amide bonds. The number of benzene rings is 1. The van der Waals surface area contributed by atoms with Gasteiger partial charge in [0, 0.05) is 25.2 Å². The summed E-state index contributed by atoms with van der Waals surface area (Å²) in [6.07, 6.45) is 4.69. The summed E-state index contributed by atoms with van der Waals surface area (Å²) in [4.78, 5) is 16.2. The van der Waals surface area contributed by atoms with Gasteiger partial charge in [-0.05, 0) is 24.6 Å². The number of methoxy groups -OCH3 is 1. The first-order chi connectivity index (χ1) is 11.2. The highest BCUT2D eigenvalue weighted by atomic mass is 16.5. The largest absolute Gasteiger partial charge is 0.497 e. The third kappa shape index (κ3) is 8.09. The van der Waals surface area contributed by atoms with Gasteiger partial charge in [-0.2, -0.15) is 0 Å². The van der Waals surface area contributed by atoms with Gasteiger partial charge in [-0.15, -0.1) is 0 Å². The minimum atomic E-state index is -0.138. The van der Waals surface area contributed by atoms with Gasteiger partial charge in [0.25, 0.3) is 5.91 Å². The maximum Gasteiger partial charge on any atom is 0.251 e. The van der Waals surface area contributed by atoms with E-state index in [4.69, 9.17) is 10.5 Å². The lowest BCUT2D eigenvalue weighted by atomic mass is 10.2. The third-order valence-corrected chi connectivity index (χ3v) is 3.34. The Morgan fingerprint density at radius 2 is 2.00 bits per heavy atom. The third-order valence-electron chi connectivity index (χ3n) is 3.34. The summed E-state index contributed by atoms with van der Waals surface area (Å²) in [6.45, 7) is 3.94. The van der Waals surface area contributed by atoms with Crippen LogP contribution in [0, 0.1) is 0 Å². The van der Waals surface area contributed by atoms with Gasteiger partial charge in [-0.1, -0.05) is 32.3 Å². The lowest BCUT2D eigenvalue weighted by molar-refractivity contribution is 0.0954. The molecule has 23 heavy (non-hydrogen) atoms. The average molecular weight is 320 g/mol. The molecule has 128 valence electrons. The van der Waals surface area contributed by atoms with Crippen molar-refractivity contribution in [2.75, 3.05) is 26.7 Å². The number of nitrogens with two attached hydrogens (primary N) is 1. The molecular weight excluding hydrogens is 292 g/mol. The quantitative estimate of drug-likeness (QED) is 0.349. The number of hydrogen-bond acceptors (Lipinski definition) is 3. The Labute approximate surface area is 138 Å². The van der Waals surface area contributed by atoms with E-state index in [9.17, 15) is 4.79 Å². The predicted octanol–water partition coefficient (Wildman–Crippen LogP) is 1.91.